The van der Waals surface area contributed by atoms with Crippen molar-refractivity contribution < 1.29 is 5.11 Å². The van der Waals surface area contributed by atoms with Crippen LogP contribution >= 0.6 is 11.8 Å². The van der Waals surface area contributed by atoms with E-state index >= 15 is 0 Å². The Morgan fingerprint density at radius 1 is 1.30 bits per heavy atom. The van der Waals surface area contributed by atoms with Crippen molar-refractivity contribution in [2.75, 3.05) is 25.6 Å². The van der Waals surface area contributed by atoms with Gasteiger partial charge in [-0.2, -0.15) is 11.8 Å². The van der Waals surface area contributed by atoms with E-state index in [2.05, 4.69) is 37.3 Å². The van der Waals surface area contributed by atoms with E-state index in [4.69, 9.17) is 5.73 Å². The van der Waals surface area contributed by atoms with E-state index in [9.17, 15) is 5.11 Å². The first-order chi connectivity index (χ1) is 9.58. The van der Waals surface area contributed by atoms with Gasteiger partial charge in [-0.1, -0.05) is 37.3 Å². The molecule has 1 rings (SSSR count). The Kier molecular flexibility index (Phi) is 8.22. The van der Waals surface area contributed by atoms with Gasteiger partial charge in [0.15, 0.2) is 0 Å². The van der Waals surface area contributed by atoms with E-state index in [0.717, 1.165) is 18.6 Å². The van der Waals surface area contributed by atoms with Crippen LogP contribution in [0, 0.1) is 0 Å². The first-order valence-corrected chi connectivity index (χ1v) is 8.64. The van der Waals surface area contributed by atoms with Gasteiger partial charge in [-0.05, 0) is 31.7 Å². The molecule has 114 valence electrons. The molecule has 0 aromatic heterocycles. The fourth-order valence-corrected chi connectivity index (χ4v) is 3.23. The maximum atomic E-state index is 10.3. The van der Waals surface area contributed by atoms with E-state index in [1.54, 1.807) is 0 Å². The normalized spacial score (nSPS) is 16.1. The van der Waals surface area contributed by atoms with Crippen LogP contribution in [0.2, 0.25) is 0 Å². The largest absolute Gasteiger partial charge is 0.390 e. The monoisotopic (exact) mass is 296 g/mol. The molecule has 0 radical (unpaired) electrons. The Hall–Kier alpha value is -0.550. The van der Waals surface area contributed by atoms with Gasteiger partial charge in [0, 0.05) is 24.4 Å². The summed E-state index contributed by atoms with van der Waals surface area (Å²) in [5.41, 5.74) is 7.31. The quantitative estimate of drug-likeness (QED) is 0.732. The minimum atomic E-state index is -0.490. The van der Waals surface area contributed by atoms with Crippen LogP contribution in [0.5, 0.6) is 0 Å². The molecule has 3 atom stereocenters. The number of nitrogens with two attached hydrogens (primary N) is 1. The molecule has 0 aliphatic heterocycles. The number of aliphatic hydroxyl groups is 1. The van der Waals surface area contributed by atoms with E-state index in [1.807, 2.05) is 30.0 Å². The Morgan fingerprint density at radius 2 is 1.95 bits per heavy atom. The van der Waals surface area contributed by atoms with Gasteiger partial charge in [-0.3, -0.25) is 4.90 Å². The van der Waals surface area contributed by atoms with Crippen molar-refractivity contribution in [1.29, 1.82) is 0 Å². The van der Waals surface area contributed by atoms with E-state index < -0.39 is 6.10 Å². The third kappa shape index (κ3) is 5.83. The predicted octanol–water partition coefficient (Wildman–Crippen LogP) is 1.99. The molecule has 3 unspecified atom stereocenters. The lowest BCUT2D eigenvalue weighted by Crippen LogP contribution is -2.46. The van der Waals surface area contributed by atoms with Crippen molar-refractivity contribution in [3.05, 3.63) is 35.9 Å². The van der Waals surface area contributed by atoms with Crippen molar-refractivity contribution in [2.24, 2.45) is 5.73 Å². The minimum Gasteiger partial charge on any atom is -0.390 e. The highest BCUT2D eigenvalue weighted by atomic mass is 32.2. The summed E-state index contributed by atoms with van der Waals surface area (Å²) in [4.78, 5) is 2.23. The summed E-state index contributed by atoms with van der Waals surface area (Å²) in [6, 6.07) is 10.4. The highest BCUT2D eigenvalue weighted by Gasteiger charge is 2.20. The summed E-state index contributed by atoms with van der Waals surface area (Å²) < 4.78 is 0. The van der Waals surface area contributed by atoms with Crippen molar-refractivity contribution >= 4 is 11.8 Å². The molecule has 0 aliphatic rings. The van der Waals surface area contributed by atoms with Gasteiger partial charge in [0.25, 0.3) is 0 Å². The molecular formula is C16H28N2OS. The maximum Gasteiger partial charge on any atom is 0.0820 e. The Balaban J connectivity index is 2.46. The van der Waals surface area contributed by atoms with Crippen LogP contribution in [0.1, 0.15) is 18.9 Å². The third-order valence-corrected chi connectivity index (χ3v) is 4.46. The van der Waals surface area contributed by atoms with Gasteiger partial charge in [-0.25, -0.2) is 0 Å². The minimum absolute atomic E-state index is 0.216. The second-order valence-electron chi connectivity index (χ2n) is 5.38. The molecule has 0 saturated heterocycles. The standard InChI is InChI=1S/C16H28N2OS/c1-4-14(12-20-3)18(2)11-16(19)15(17)10-13-8-6-5-7-9-13/h5-9,14-16,19H,4,10-12,17H2,1-3H3. The second-order valence-corrected chi connectivity index (χ2v) is 6.29. The molecule has 1 aromatic rings. The smallest absolute Gasteiger partial charge is 0.0820 e. The van der Waals surface area contributed by atoms with Gasteiger partial charge in [0.05, 0.1) is 6.10 Å². The third-order valence-electron chi connectivity index (χ3n) is 3.74. The zero-order valence-corrected chi connectivity index (χ0v) is 13.6. The summed E-state index contributed by atoms with van der Waals surface area (Å²) >= 11 is 1.85. The fraction of sp³-hybridized carbons (Fsp3) is 0.625. The highest BCUT2D eigenvalue weighted by Crippen LogP contribution is 2.11. The van der Waals surface area contributed by atoms with Gasteiger partial charge < -0.3 is 10.8 Å². The molecule has 0 spiro atoms. The number of nitrogens with zero attached hydrogens (tertiary/aromatic N) is 1. The topological polar surface area (TPSA) is 49.5 Å². The molecule has 0 aliphatic carbocycles. The molecular weight excluding hydrogens is 268 g/mol. The van der Waals surface area contributed by atoms with Crippen molar-refractivity contribution in [3.8, 4) is 0 Å². The SMILES string of the molecule is CCC(CSC)N(C)CC(O)C(N)Cc1ccccc1. The molecule has 0 bridgehead atoms. The molecule has 0 heterocycles. The van der Waals surface area contributed by atoms with Crippen LogP contribution in [0.15, 0.2) is 30.3 Å². The fourth-order valence-electron chi connectivity index (χ4n) is 2.35. The summed E-state index contributed by atoms with van der Waals surface area (Å²) in [5.74, 6) is 1.09. The van der Waals surface area contributed by atoms with E-state index in [-0.39, 0.29) is 6.04 Å². The van der Waals surface area contributed by atoms with Gasteiger partial charge in [0.2, 0.25) is 0 Å². The first kappa shape index (κ1) is 17.5. The second kappa shape index (κ2) is 9.40. The van der Waals surface area contributed by atoms with Crippen LogP contribution in [0.25, 0.3) is 0 Å². The van der Waals surface area contributed by atoms with Crippen molar-refractivity contribution in [3.63, 3.8) is 0 Å². The summed E-state index contributed by atoms with van der Waals surface area (Å²) in [7, 11) is 2.07. The lowest BCUT2D eigenvalue weighted by Gasteiger charge is -2.30. The van der Waals surface area contributed by atoms with E-state index in [1.165, 1.54) is 5.56 Å². The average Bonchev–Trinajstić information content (AvgIpc) is 2.45. The molecule has 1 aromatic carbocycles. The molecule has 0 saturated carbocycles. The van der Waals surface area contributed by atoms with Crippen LogP contribution < -0.4 is 5.73 Å². The Labute approximate surface area is 127 Å². The molecule has 0 fully saturated rings. The lowest BCUT2D eigenvalue weighted by molar-refractivity contribution is 0.0872. The number of hydrogen-bond donors (Lipinski definition) is 2. The zero-order valence-electron chi connectivity index (χ0n) is 12.8. The molecule has 0 amide bonds. The van der Waals surface area contributed by atoms with Gasteiger partial charge in [-0.15, -0.1) is 0 Å². The maximum absolute atomic E-state index is 10.3. The average molecular weight is 296 g/mol. The summed E-state index contributed by atoms with van der Waals surface area (Å²) in [5, 5.41) is 10.3. The summed E-state index contributed by atoms with van der Waals surface area (Å²) in [6.45, 7) is 2.82. The molecule has 20 heavy (non-hydrogen) atoms. The van der Waals surface area contributed by atoms with Gasteiger partial charge in [0.1, 0.15) is 0 Å². The number of thioether (sulfide) groups is 1. The number of rotatable bonds is 9. The van der Waals surface area contributed by atoms with Crippen molar-refractivity contribution in [2.45, 2.75) is 38.0 Å². The predicted molar refractivity (Wildman–Crippen MR) is 89.2 cm³/mol. The number of hydrogen-bond acceptors (Lipinski definition) is 4. The number of aliphatic hydroxyl groups excluding tert-OH is 1. The van der Waals surface area contributed by atoms with Crippen LogP contribution in [-0.4, -0.2) is 53.8 Å². The van der Waals surface area contributed by atoms with Crippen LogP contribution in [0.3, 0.4) is 0 Å². The zero-order chi connectivity index (χ0) is 15.0. The van der Waals surface area contributed by atoms with Gasteiger partial charge >= 0.3 is 0 Å². The number of likely N-dealkylation sites (N-methyl/N-ethyl adjacent to an activating group) is 1. The van der Waals surface area contributed by atoms with Crippen LogP contribution in [0.4, 0.5) is 0 Å². The van der Waals surface area contributed by atoms with E-state index in [0.29, 0.717) is 12.6 Å². The first-order valence-electron chi connectivity index (χ1n) is 7.25. The Bertz CT molecular complexity index is 361. The Morgan fingerprint density at radius 3 is 2.50 bits per heavy atom. The molecule has 3 N–H and O–H groups in total. The van der Waals surface area contributed by atoms with Crippen LogP contribution in [-0.2, 0) is 6.42 Å². The lowest BCUT2D eigenvalue weighted by atomic mass is 10.0. The summed E-state index contributed by atoms with van der Waals surface area (Å²) in [6.07, 6.45) is 3.44. The molecule has 3 nitrogen and oxygen atoms in total. The van der Waals surface area contributed by atoms with Crippen molar-refractivity contribution in [1.82, 2.24) is 4.90 Å². The molecule has 4 heteroatoms. The highest BCUT2D eigenvalue weighted by molar-refractivity contribution is 7.98. The number of benzene rings is 1.